The second-order valence-corrected chi connectivity index (χ2v) is 7.73. The Bertz CT molecular complexity index is 872. The van der Waals surface area contributed by atoms with Crippen molar-refractivity contribution in [2.45, 2.75) is 30.3 Å². The molecule has 0 radical (unpaired) electrons. The lowest BCUT2D eigenvalue weighted by Crippen LogP contribution is -2.37. The first-order valence-corrected chi connectivity index (χ1v) is 9.55. The molecule has 5 nitrogen and oxygen atoms in total. The van der Waals surface area contributed by atoms with Gasteiger partial charge < -0.3 is 9.47 Å². The van der Waals surface area contributed by atoms with Crippen LogP contribution in [0.1, 0.15) is 18.6 Å². The highest BCUT2D eigenvalue weighted by atomic mass is 35.5. The first-order chi connectivity index (χ1) is 12.5. The Morgan fingerprint density at radius 1 is 1.07 bits per heavy atom. The quantitative estimate of drug-likeness (QED) is 0.721. The van der Waals surface area contributed by atoms with Gasteiger partial charge in [0, 0.05) is 23.7 Å². The number of alkyl halides is 3. The van der Waals surface area contributed by atoms with E-state index in [-0.39, 0.29) is 4.90 Å². The summed E-state index contributed by atoms with van der Waals surface area (Å²) in [6.07, 6.45) is -5.52. The van der Waals surface area contributed by atoms with E-state index in [4.69, 9.17) is 16.3 Å². The van der Waals surface area contributed by atoms with Crippen molar-refractivity contribution in [3.63, 3.8) is 0 Å². The molecular formula is C17H17ClF3NO4S. The third-order valence-corrected chi connectivity index (χ3v) is 5.55. The van der Waals surface area contributed by atoms with Crippen molar-refractivity contribution in [2.24, 2.45) is 0 Å². The molecule has 0 fully saturated rings. The zero-order valence-corrected chi connectivity index (χ0v) is 15.9. The van der Waals surface area contributed by atoms with Crippen molar-refractivity contribution in [3.05, 3.63) is 59.1 Å². The maximum absolute atomic E-state index is 12.5. The van der Waals surface area contributed by atoms with E-state index in [2.05, 4.69) is 9.46 Å². The summed E-state index contributed by atoms with van der Waals surface area (Å²) in [4.78, 5) is -0.210. The summed E-state index contributed by atoms with van der Waals surface area (Å²) in [7, 11) is -2.59. The van der Waals surface area contributed by atoms with Crippen molar-refractivity contribution < 1.29 is 31.1 Å². The molecule has 0 bridgehead atoms. The standard InChI is InChI=1S/C17H17ClF3NO4S/c1-11(16(25-2)14-5-3-4-6-15(14)18)22-27(23,24)13-9-7-12(8-10-13)26-17(19,20)21/h3-11,16,22H,1-2H3/t11-,16-/m1/s1. The summed E-state index contributed by atoms with van der Waals surface area (Å²) < 4.78 is 73.2. The van der Waals surface area contributed by atoms with E-state index in [1.165, 1.54) is 7.11 Å². The largest absolute Gasteiger partial charge is 0.573 e. The fourth-order valence-corrected chi connectivity index (χ4v) is 3.99. The second kappa shape index (κ2) is 8.47. The van der Waals surface area contributed by atoms with Crippen LogP contribution < -0.4 is 9.46 Å². The van der Waals surface area contributed by atoms with Crippen LogP contribution in [0.5, 0.6) is 5.75 Å². The normalized spacial score (nSPS) is 14.6. The van der Waals surface area contributed by atoms with Gasteiger partial charge in [-0.3, -0.25) is 0 Å². The molecule has 2 aromatic carbocycles. The molecule has 0 aliphatic rings. The summed E-state index contributed by atoms with van der Waals surface area (Å²) in [5, 5.41) is 0.420. The van der Waals surface area contributed by atoms with E-state index in [1.807, 2.05) is 0 Å². The van der Waals surface area contributed by atoms with Gasteiger partial charge in [0.2, 0.25) is 10.0 Å². The summed E-state index contributed by atoms with van der Waals surface area (Å²) in [6, 6.07) is 10.0. The fourth-order valence-electron chi connectivity index (χ4n) is 2.50. The van der Waals surface area contributed by atoms with Gasteiger partial charge in [-0.25, -0.2) is 13.1 Å². The van der Waals surface area contributed by atoms with E-state index < -0.39 is 34.3 Å². The number of hydrogen-bond acceptors (Lipinski definition) is 4. The Hall–Kier alpha value is -1.81. The molecule has 2 aromatic rings. The van der Waals surface area contributed by atoms with E-state index >= 15 is 0 Å². The smallest absolute Gasteiger partial charge is 0.406 e. The molecule has 148 valence electrons. The maximum Gasteiger partial charge on any atom is 0.573 e. The average Bonchev–Trinajstić information content (AvgIpc) is 2.56. The zero-order chi connectivity index (χ0) is 20.2. The number of methoxy groups -OCH3 is 1. The van der Waals surface area contributed by atoms with Crippen LogP contribution in [-0.4, -0.2) is 27.9 Å². The Morgan fingerprint density at radius 2 is 1.67 bits per heavy atom. The molecule has 0 spiro atoms. The van der Waals surface area contributed by atoms with Crippen LogP contribution in [0.3, 0.4) is 0 Å². The molecule has 27 heavy (non-hydrogen) atoms. The lowest BCUT2D eigenvalue weighted by atomic mass is 10.0. The minimum atomic E-state index is -4.85. The Morgan fingerprint density at radius 3 is 2.19 bits per heavy atom. The molecule has 0 aliphatic heterocycles. The Kier molecular flexibility index (Phi) is 6.74. The van der Waals surface area contributed by atoms with Gasteiger partial charge in [-0.2, -0.15) is 0 Å². The topological polar surface area (TPSA) is 64.6 Å². The van der Waals surface area contributed by atoms with E-state index in [0.717, 1.165) is 24.3 Å². The summed E-state index contributed by atoms with van der Waals surface area (Å²) in [6.45, 7) is 1.59. The number of benzene rings is 2. The SMILES string of the molecule is CO[C@@H](c1ccccc1Cl)[C@@H](C)NS(=O)(=O)c1ccc(OC(F)(F)F)cc1. The van der Waals surface area contributed by atoms with Crippen LogP contribution in [-0.2, 0) is 14.8 Å². The molecule has 0 unspecified atom stereocenters. The van der Waals surface area contributed by atoms with Crippen molar-refractivity contribution in [1.29, 1.82) is 0 Å². The lowest BCUT2D eigenvalue weighted by Gasteiger charge is -2.24. The van der Waals surface area contributed by atoms with Gasteiger partial charge in [0.05, 0.1) is 11.0 Å². The highest BCUT2D eigenvalue weighted by molar-refractivity contribution is 7.89. The zero-order valence-electron chi connectivity index (χ0n) is 14.3. The highest BCUT2D eigenvalue weighted by Gasteiger charge is 2.31. The first-order valence-electron chi connectivity index (χ1n) is 7.69. The van der Waals surface area contributed by atoms with Gasteiger partial charge >= 0.3 is 6.36 Å². The van der Waals surface area contributed by atoms with Gasteiger partial charge in [0.15, 0.2) is 0 Å². The molecule has 0 saturated carbocycles. The van der Waals surface area contributed by atoms with Crippen LogP contribution in [0.25, 0.3) is 0 Å². The minimum absolute atomic E-state index is 0.210. The Balaban J connectivity index is 2.18. The molecule has 0 aliphatic carbocycles. The van der Waals surface area contributed by atoms with Crippen LogP contribution in [0, 0.1) is 0 Å². The Labute approximate surface area is 160 Å². The van der Waals surface area contributed by atoms with Crippen molar-refractivity contribution in [2.75, 3.05) is 7.11 Å². The number of sulfonamides is 1. The van der Waals surface area contributed by atoms with Crippen LogP contribution in [0.4, 0.5) is 13.2 Å². The molecule has 10 heteroatoms. The monoisotopic (exact) mass is 423 g/mol. The molecule has 1 N–H and O–H groups in total. The summed E-state index contributed by atoms with van der Waals surface area (Å²) in [5.74, 6) is -0.514. The van der Waals surface area contributed by atoms with Gasteiger partial charge in [-0.1, -0.05) is 29.8 Å². The van der Waals surface area contributed by atoms with Crippen LogP contribution in [0.15, 0.2) is 53.4 Å². The average molecular weight is 424 g/mol. The van der Waals surface area contributed by atoms with Crippen LogP contribution >= 0.6 is 11.6 Å². The maximum atomic E-state index is 12.5. The van der Waals surface area contributed by atoms with Crippen molar-refractivity contribution >= 4 is 21.6 Å². The van der Waals surface area contributed by atoms with Gasteiger partial charge in [0.25, 0.3) is 0 Å². The molecule has 0 aromatic heterocycles. The molecule has 0 heterocycles. The minimum Gasteiger partial charge on any atom is -0.406 e. The molecule has 2 atom stereocenters. The van der Waals surface area contributed by atoms with Gasteiger partial charge in [0.1, 0.15) is 5.75 Å². The van der Waals surface area contributed by atoms with Crippen LogP contribution in [0.2, 0.25) is 5.02 Å². The van der Waals surface area contributed by atoms with Gasteiger partial charge in [-0.15, -0.1) is 13.2 Å². The molecule has 0 saturated heterocycles. The number of halogens is 4. The van der Waals surface area contributed by atoms with Gasteiger partial charge in [-0.05, 0) is 37.3 Å². The number of rotatable bonds is 7. The fraction of sp³-hybridized carbons (Fsp3) is 0.294. The molecular weight excluding hydrogens is 407 g/mol. The predicted molar refractivity (Wildman–Crippen MR) is 94.1 cm³/mol. The van der Waals surface area contributed by atoms with E-state index in [9.17, 15) is 21.6 Å². The van der Waals surface area contributed by atoms with Crippen molar-refractivity contribution in [3.8, 4) is 5.75 Å². The number of ether oxygens (including phenoxy) is 2. The molecule has 0 amide bonds. The molecule has 2 rings (SSSR count). The lowest BCUT2D eigenvalue weighted by molar-refractivity contribution is -0.274. The highest BCUT2D eigenvalue weighted by Crippen LogP contribution is 2.29. The number of nitrogens with one attached hydrogen (secondary N) is 1. The summed E-state index contributed by atoms with van der Waals surface area (Å²) >= 11 is 6.14. The predicted octanol–water partition coefficient (Wildman–Crippen LogP) is 4.29. The second-order valence-electron chi connectivity index (χ2n) is 5.61. The van der Waals surface area contributed by atoms with E-state index in [0.29, 0.717) is 10.6 Å². The third-order valence-electron chi connectivity index (χ3n) is 3.63. The first kappa shape index (κ1) is 21.5. The summed E-state index contributed by atoms with van der Waals surface area (Å²) in [5.41, 5.74) is 0.603. The van der Waals surface area contributed by atoms with E-state index in [1.54, 1.807) is 31.2 Å². The third kappa shape index (κ3) is 5.83. The number of hydrogen-bond donors (Lipinski definition) is 1. The van der Waals surface area contributed by atoms with Crippen molar-refractivity contribution in [1.82, 2.24) is 4.72 Å².